The van der Waals surface area contributed by atoms with Gasteiger partial charge in [-0.3, -0.25) is 0 Å². The fraction of sp³-hybridized carbons (Fsp3) is 0.167. The van der Waals surface area contributed by atoms with Crippen molar-refractivity contribution in [2.75, 3.05) is 6.61 Å². The zero-order chi connectivity index (χ0) is 23.8. The van der Waals surface area contributed by atoms with Crippen LogP contribution in [0.15, 0.2) is 81.2 Å². The number of ether oxygens (including phenoxy) is 2. The van der Waals surface area contributed by atoms with Crippen molar-refractivity contribution in [3.05, 3.63) is 87.9 Å². The molecule has 0 unspecified atom stereocenters. The van der Waals surface area contributed by atoms with Crippen molar-refractivity contribution in [2.45, 2.75) is 25.2 Å². The molecule has 0 aliphatic rings. The maximum Gasteiger partial charge on any atom is 0.343 e. The standard InChI is InChI=1S/C24H23BrN2O5S/c1-3-14-31-21-9-6-18(7-10-21)24(28)32-23-13-8-20(25)15-19(23)16-26-27-33(29,30)22-11-4-17(2)5-12-22/h4-13,15-16,27H,3,14H2,1-2H3/b26-16+. The minimum absolute atomic E-state index is 0.0949. The molecule has 3 rings (SSSR count). The molecule has 0 heterocycles. The number of halogens is 1. The molecule has 0 atom stereocenters. The van der Waals surface area contributed by atoms with Crippen LogP contribution < -0.4 is 14.3 Å². The minimum Gasteiger partial charge on any atom is -0.494 e. The van der Waals surface area contributed by atoms with E-state index in [2.05, 4.69) is 25.9 Å². The Bertz CT molecular complexity index is 1240. The van der Waals surface area contributed by atoms with E-state index in [4.69, 9.17) is 9.47 Å². The van der Waals surface area contributed by atoms with Crippen molar-refractivity contribution in [1.29, 1.82) is 0 Å². The van der Waals surface area contributed by atoms with E-state index in [0.717, 1.165) is 12.0 Å². The molecule has 0 radical (unpaired) electrons. The first-order valence-electron chi connectivity index (χ1n) is 10.1. The monoisotopic (exact) mass is 530 g/mol. The van der Waals surface area contributed by atoms with Crippen LogP contribution in [0, 0.1) is 6.92 Å². The van der Waals surface area contributed by atoms with Crippen LogP contribution in [0.1, 0.15) is 34.8 Å². The van der Waals surface area contributed by atoms with E-state index in [1.807, 2.05) is 13.8 Å². The summed E-state index contributed by atoms with van der Waals surface area (Å²) in [5.74, 6) is 0.341. The highest BCUT2D eigenvalue weighted by molar-refractivity contribution is 9.10. The number of esters is 1. The van der Waals surface area contributed by atoms with Crippen molar-refractivity contribution in [3.63, 3.8) is 0 Å². The van der Waals surface area contributed by atoms with E-state index < -0.39 is 16.0 Å². The molecule has 0 fully saturated rings. The number of aryl methyl sites for hydroxylation is 1. The number of nitrogens with zero attached hydrogens (tertiary/aromatic N) is 1. The summed E-state index contributed by atoms with van der Waals surface area (Å²) in [6.45, 7) is 4.48. The predicted molar refractivity (Wildman–Crippen MR) is 130 cm³/mol. The highest BCUT2D eigenvalue weighted by Crippen LogP contribution is 2.23. The summed E-state index contributed by atoms with van der Waals surface area (Å²) in [6.07, 6.45) is 2.17. The van der Waals surface area contributed by atoms with Gasteiger partial charge in [-0.25, -0.2) is 9.63 Å². The van der Waals surface area contributed by atoms with Gasteiger partial charge in [0.05, 0.1) is 23.3 Å². The second-order valence-electron chi connectivity index (χ2n) is 7.11. The predicted octanol–water partition coefficient (Wildman–Crippen LogP) is 5.08. The van der Waals surface area contributed by atoms with Crippen LogP contribution in [-0.2, 0) is 10.0 Å². The molecule has 0 aliphatic heterocycles. The van der Waals surface area contributed by atoms with Gasteiger partial charge < -0.3 is 9.47 Å². The van der Waals surface area contributed by atoms with Crippen molar-refractivity contribution >= 4 is 38.1 Å². The zero-order valence-corrected chi connectivity index (χ0v) is 20.5. The van der Waals surface area contributed by atoms with Gasteiger partial charge in [-0.05, 0) is 67.9 Å². The lowest BCUT2D eigenvalue weighted by Gasteiger charge is -2.09. The third-order valence-corrected chi connectivity index (χ3v) is 6.18. The second kappa shape index (κ2) is 11.1. The molecule has 33 heavy (non-hydrogen) atoms. The highest BCUT2D eigenvalue weighted by Gasteiger charge is 2.14. The van der Waals surface area contributed by atoms with Gasteiger partial charge in [0.1, 0.15) is 11.5 Å². The lowest BCUT2D eigenvalue weighted by molar-refractivity contribution is 0.0734. The van der Waals surface area contributed by atoms with Crippen LogP contribution in [0.2, 0.25) is 0 Å². The molecule has 0 spiro atoms. The van der Waals surface area contributed by atoms with Gasteiger partial charge >= 0.3 is 5.97 Å². The molecule has 172 valence electrons. The summed E-state index contributed by atoms with van der Waals surface area (Å²) in [7, 11) is -3.83. The molecule has 3 aromatic rings. The van der Waals surface area contributed by atoms with Crippen molar-refractivity contribution in [1.82, 2.24) is 4.83 Å². The number of hydrazone groups is 1. The summed E-state index contributed by atoms with van der Waals surface area (Å²) in [5.41, 5.74) is 1.71. The van der Waals surface area contributed by atoms with Gasteiger partial charge in [0, 0.05) is 10.0 Å². The number of hydrogen-bond donors (Lipinski definition) is 1. The van der Waals surface area contributed by atoms with Gasteiger partial charge in [0.15, 0.2) is 0 Å². The maximum atomic E-state index is 12.6. The number of carbonyl (C=O) groups is 1. The van der Waals surface area contributed by atoms with Crippen molar-refractivity contribution in [3.8, 4) is 11.5 Å². The molecule has 0 bridgehead atoms. The molecule has 9 heteroatoms. The fourth-order valence-electron chi connectivity index (χ4n) is 2.71. The molecule has 3 aromatic carbocycles. The summed E-state index contributed by atoms with van der Waals surface area (Å²) < 4.78 is 36.6. The largest absolute Gasteiger partial charge is 0.494 e. The first-order valence-corrected chi connectivity index (χ1v) is 12.4. The number of carbonyl (C=O) groups excluding carboxylic acids is 1. The molecule has 1 N–H and O–H groups in total. The Hall–Kier alpha value is -3.17. The minimum atomic E-state index is -3.83. The fourth-order valence-corrected chi connectivity index (χ4v) is 3.88. The van der Waals surface area contributed by atoms with E-state index in [1.165, 1.54) is 18.3 Å². The van der Waals surface area contributed by atoms with E-state index in [1.54, 1.807) is 54.6 Å². The van der Waals surface area contributed by atoms with Gasteiger partial charge in [-0.2, -0.15) is 13.5 Å². The molecular formula is C24H23BrN2O5S. The molecule has 0 amide bonds. The number of hydrogen-bond acceptors (Lipinski definition) is 6. The quantitative estimate of drug-likeness (QED) is 0.180. The van der Waals surface area contributed by atoms with Gasteiger partial charge in [-0.15, -0.1) is 0 Å². The Labute approximate surface area is 201 Å². The molecule has 0 aromatic heterocycles. The van der Waals surface area contributed by atoms with E-state index in [0.29, 0.717) is 28.0 Å². The first-order chi connectivity index (χ1) is 15.8. The van der Waals surface area contributed by atoms with Crippen molar-refractivity contribution < 1.29 is 22.7 Å². The number of nitrogens with one attached hydrogen (secondary N) is 1. The Morgan fingerprint density at radius 3 is 2.42 bits per heavy atom. The third-order valence-electron chi connectivity index (χ3n) is 4.45. The average Bonchev–Trinajstić information content (AvgIpc) is 2.80. The molecular weight excluding hydrogens is 508 g/mol. The topological polar surface area (TPSA) is 94.1 Å². The van der Waals surface area contributed by atoms with Crippen LogP contribution in [0.3, 0.4) is 0 Å². The van der Waals surface area contributed by atoms with E-state index in [9.17, 15) is 13.2 Å². The molecule has 7 nitrogen and oxygen atoms in total. The third kappa shape index (κ3) is 6.90. The SMILES string of the molecule is CCCOc1ccc(C(=O)Oc2ccc(Br)cc2/C=N/NS(=O)(=O)c2ccc(C)cc2)cc1. The Balaban J connectivity index is 1.73. The highest BCUT2D eigenvalue weighted by atomic mass is 79.9. The number of rotatable bonds is 9. The van der Waals surface area contributed by atoms with Crippen LogP contribution in [0.5, 0.6) is 11.5 Å². The number of sulfonamides is 1. The first kappa shape index (κ1) is 24.5. The maximum absolute atomic E-state index is 12.6. The summed E-state index contributed by atoms with van der Waals surface area (Å²) in [5, 5.41) is 3.84. The van der Waals surface area contributed by atoms with Gasteiger partial charge in [0.25, 0.3) is 10.0 Å². The van der Waals surface area contributed by atoms with Gasteiger partial charge in [0.2, 0.25) is 0 Å². The molecule has 0 saturated heterocycles. The second-order valence-corrected chi connectivity index (χ2v) is 9.69. The summed E-state index contributed by atoms with van der Waals surface area (Å²) >= 11 is 3.36. The van der Waals surface area contributed by atoms with Crippen molar-refractivity contribution in [2.24, 2.45) is 5.10 Å². The van der Waals surface area contributed by atoms with Crippen LogP contribution in [0.25, 0.3) is 0 Å². The Morgan fingerprint density at radius 2 is 1.76 bits per heavy atom. The van der Waals surface area contributed by atoms with Crippen LogP contribution in [0.4, 0.5) is 0 Å². The van der Waals surface area contributed by atoms with E-state index >= 15 is 0 Å². The lowest BCUT2D eigenvalue weighted by Crippen LogP contribution is -2.18. The van der Waals surface area contributed by atoms with Crippen LogP contribution >= 0.6 is 15.9 Å². The zero-order valence-electron chi connectivity index (χ0n) is 18.1. The summed E-state index contributed by atoms with van der Waals surface area (Å²) in [6, 6.07) is 18.0. The van der Waals surface area contributed by atoms with E-state index in [-0.39, 0.29) is 10.6 Å². The Kier molecular flexibility index (Phi) is 8.24. The van der Waals surface area contributed by atoms with Crippen LogP contribution in [-0.4, -0.2) is 27.2 Å². The number of benzene rings is 3. The molecule has 0 aliphatic carbocycles. The lowest BCUT2D eigenvalue weighted by atomic mass is 10.2. The summed E-state index contributed by atoms with van der Waals surface area (Å²) in [4.78, 5) is 14.9. The normalized spacial score (nSPS) is 11.4. The average molecular weight is 531 g/mol. The molecule has 0 saturated carbocycles. The smallest absolute Gasteiger partial charge is 0.343 e. The van der Waals surface area contributed by atoms with Gasteiger partial charge in [-0.1, -0.05) is 40.5 Å². The Morgan fingerprint density at radius 1 is 1.06 bits per heavy atom.